The Morgan fingerprint density at radius 3 is 2.08 bits per heavy atom. The molecule has 0 spiro atoms. The summed E-state index contributed by atoms with van der Waals surface area (Å²) in [5.41, 5.74) is 1.52. The molecule has 2 rings (SSSR count). The average molecular weight is 318 g/mol. The second-order valence-electron chi connectivity index (χ2n) is 4.95. The van der Waals surface area contributed by atoms with Gasteiger partial charge in [-0.15, -0.1) is 0 Å². The number of nitrogens with zero attached hydrogens (tertiary/aromatic N) is 2. The van der Waals surface area contributed by atoms with Crippen molar-refractivity contribution >= 4 is 41.0 Å². The lowest BCUT2D eigenvalue weighted by atomic mass is 10.1. The first kappa shape index (κ1) is 17.1. The van der Waals surface area contributed by atoms with Crippen molar-refractivity contribution in [2.45, 2.75) is 12.8 Å². The van der Waals surface area contributed by atoms with Gasteiger partial charge in [0.25, 0.3) is 0 Å². The van der Waals surface area contributed by atoms with Crippen LogP contribution in [0.25, 0.3) is 0 Å². The molecule has 2 aromatic rings. The third-order valence-corrected chi connectivity index (χ3v) is 3.16. The van der Waals surface area contributed by atoms with Crippen LogP contribution in [0.15, 0.2) is 70.6 Å². The summed E-state index contributed by atoms with van der Waals surface area (Å²) in [6, 6.07) is 18.4. The van der Waals surface area contributed by atoms with E-state index < -0.39 is 0 Å². The van der Waals surface area contributed by atoms with E-state index in [0.29, 0.717) is 5.69 Å². The summed E-state index contributed by atoms with van der Waals surface area (Å²) in [5, 5.41) is 15.3. The van der Waals surface area contributed by atoms with Gasteiger partial charge < -0.3 is 5.41 Å². The van der Waals surface area contributed by atoms with Crippen LogP contribution in [-0.4, -0.2) is 29.6 Å². The lowest BCUT2D eigenvalue weighted by molar-refractivity contribution is -0.111. The van der Waals surface area contributed by atoms with E-state index in [0.717, 1.165) is 11.9 Å². The zero-order valence-corrected chi connectivity index (χ0v) is 13.1. The minimum Gasteiger partial charge on any atom is -0.313 e. The number of hydrogen-bond donors (Lipinski definition) is 2. The number of carbonyl (C=O) groups excluding carboxylic acids is 1. The van der Waals surface area contributed by atoms with E-state index in [9.17, 15) is 4.79 Å². The Hall–Kier alpha value is -3.21. The summed E-state index contributed by atoms with van der Waals surface area (Å²) in [5.74, 6) is -0.369. The quantitative estimate of drug-likeness (QED) is 0.702. The molecular weight excluding hydrogens is 300 g/mol. The largest absolute Gasteiger partial charge is 0.313 e. The number of Topliss-reactive ketones (excluding diaryl/α,β-unsaturated/α-hetero) is 1. The smallest absolute Gasteiger partial charge is 0.187 e. The summed E-state index contributed by atoms with van der Waals surface area (Å²) < 4.78 is 0. The molecule has 0 unspecified atom stereocenters. The van der Waals surface area contributed by atoms with Crippen molar-refractivity contribution in [3.05, 3.63) is 60.7 Å². The van der Waals surface area contributed by atoms with E-state index in [2.05, 4.69) is 9.98 Å². The fourth-order valence-electron chi connectivity index (χ4n) is 1.97. The Labute approximate surface area is 140 Å². The number of nitrogens with one attached hydrogen (secondary N) is 2. The van der Waals surface area contributed by atoms with Crippen molar-refractivity contribution < 1.29 is 4.79 Å². The molecule has 5 nitrogen and oxygen atoms in total. The molecule has 2 N–H and O–H groups in total. The number of aliphatic imine (C=N–C) groups is 2. The van der Waals surface area contributed by atoms with Crippen molar-refractivity contribution in [3.8, 4) is 0 Å². The summed E-state index contributed by atoms with van der Waals surface area (Å²) in [4.78, 5) is 20.7. The summed E-state index contributed by atoms with van der Waals surface area (Å²) in [6.07, 6.45) is 2.81. The number of rotatable bonds is 8. The van der Waals surface area contributed by atoms with Gasteiger partial charge in [0, 0.05) is 25.3 Å². The van der Waals surface area contributed by atoms with Crippen LogP contribution < -0.4 is 0 Å². The summed E-state index contributed by atoms with van der Waals surface area (Å²) in [6.45, 7) is 0. The Bertz CT molecular complexity index is 764. The molecule has 2 aromatic carbocycles. The highest BCUT2D eigenvalue weighted by atomic mass is 16.1. The molecule has 0 saturated heterocycles. The van der Waals surface area contributed by atoms with Gasteiger partial charge in [-0.25, -0.2) is 0 Å². The third kappa shape index (κ3) is 5.21. The molecule has 0 bridgehead atoms. The van der Waals surface area contributed by atoms with Crippen LogP contribution in [0.4, 0.5) is 11.4 Å². The third-order valence-electron chi connectivity index (χ3n) is 3.16. The molecule has 5 heteroatoms. The van der Waals surface area contributed by atoms with E-state index in [1.165, 1.54) is 6.21 Å². The molecule has 0 fully saturated rings. The van der Waals surface area contributed by atoms with Crippen molar-refractivity contribution in [2.24, 2.45) is 9.98 Å². The van der Waals surface area contributed by atoms with Crippen LogP contribution in [-0.2, 0) is 4.79 Å². The van der Waals surface area contributed by atoms with E-state index >= 15 is 0 Å². The number of hydrogen-bond acceptors (Lipinski definition) is 5. The molecule has 0 saturated carbocycles. The molecular formula is C19H18N4O. The molecule has 120 valence electrons. The van der Waals surface area contributed by atoms with Crippen molar-refractivity contribution in [3.63, 3.8) is 0 Å². The van der Waals surface area contributed by atoms with Gasteiger partial charge in [0.05, 0.1) is 17.1 Å². The van der Waals surface area contributed by atoms with Crippen molar-refractivity contribution in [1.82, 2.24) is 0 Å². The number of carbonyl (C=O) groups is 1. The van der Waals surface area contributed by atoms with Gasteiger partial charge in [-0.1, -0.05) is 36.4 Å². The standard InChI is InChI=1S/C19H18N4O/c20-13-11-17(23-16-9-5-2-6-10-16)19(21)18(24)12-14-22-15-7-3-1-4-8-15/h1-10,13-14,20-21H,11-12H2. The van der Waals surface area contributed by atoms with Crippen LogP contribution in [0.3, 0.4) is 0 Å². The van der Waals surface area contributed by atoms with E-state index in [1.54, 1.807) is 12.1 Å². The lowest BCUT2D eigenvalue weighted by Gasteiger charge is -2.04. The van der Waals surface area contributed by atoms with Gasteiger partial charge in [-0.3, -0.25) is 20.2 Å². The van der Waals surface area contributed by atoms with Gasteiger partial charge in [-0.2, -0.15) is 0 Å². The van der Waals surface area contributed by atoms with Gasteiger partial charge in [0.1, 0.15) is 5.71 Å². The lowest BCUT2D eigenvalue weighted by Crippen LogP contribution is -2.23. The van der Waals surface area contributed by atoms with Gasteiger partial charge in [0.15, 0.2) is 5.78 Å². The maximum absolute atomic E-state index is 12.2. The monoisotopic (exact) mass is 318 g/mol. The predicted octanol–water partition coefficient (Wildman–Crippen LogP) is 4.18. The Morgan fingerprint density at radius 2 is 1.50 bits per heavy atom. The highest BCUT2D eigenvalue weighted by Gasteiger charge is 2.14. The van der Waals surface area contributed by atoms with Gasteiger partial charge in [0.2, 0.25) is 0 Å². The summed E-state index contributed by atoms with van der Waals surface area (Å²) >= 11 is 0. The molecule has 0 atom stereocenters. The summed E-state index contributed by atoms with van der Waals surface area (Å²) in [7, 11) is 0. The number of para-hydroxylation sites is 2. The van der Waals surface area contributed by atoms with Crippen LogP contribution in [0, 0.1) is 10.8 Å². The Kier molecular flexibility index (Phi) is 6.46. The van der Waals surface area contributed by atoms with Gasteiger partial charge in [-0.05, 0) is 24.3 Å². The second kappa shape index (κ2) is 9.05. The zero-order valence-electron chi connectivity index (χ0n) is 13.1. The highest BCUT2D eigenvalue weighted by Crippen LogP contribution is 2.12. The highest BCUT2D eigenvalue weighted by molar-refractivity contribution is 6.68. The van der Waals surface area contributed by atoms with Crippen LogP contribution in [0.1, 0.15) is 12.8 Å². The molecule has 0 aliphatic rings. The first-order valence-corrected chi connectivity index (χ1v) is 7.52. The van der Waals surface area contributed by atoms with Crippen LogP contribution in [0.5, 0.6) is 0 Å². The topological polar surface area (TPSA) is 89.5 Å². The van der Waals surface area contributed by atoms with E-state index in [1.807, 2.05) is 48.5 Å². The molecule has 24 heavy (non-hydrogen) atoms. The number of ketones is 1. The Morgan fingerprint density at radius 1 is 0.917 bits per heavy atom. The van der Waals surface area contributed by atoms with Crippen molar-refractivity contribution in [2.75, 3.05) is 0 Å². The minimum atomic E-state index is -0.369. The van der Waals surface area contributed by atoms with E-state index in [-0.39, 0.29) is 30.0 Å². The van der Waals surface area contributed by atoms with E-state index in [4.69, 9.17) is 10.8 Å². The molecule has 0 aliphatic carbocycles. The zero-order chi connectivity index (χ0) is 17.2. The van der Waals surface area contributed by atoms with Crippen molar-refractivity contribution in [1.29, 1.82) is 10.8 Å². The fourth-order valence-corrected chi connectivity index (χ4v) is 1.97. The normalized spacial score (nSPS) is 11.4. The molecule has 0 radical (unpaired) electrons. The SMILES string of the molecule is N=CCC(=Nc1ccccc1)C(=N)C(=O)CC=Nc1ccccc1. The maximum atomic E-state index is 12.2. The molecule has 0 aliphatic heterocycles. The maximum Gasteiger partial charge on any atom is 0.187 e. The minimum absolute atomic E-state index is 0.0273. The first-order chi connectivity index (χ1) is 11.7. The van der Waals surface area contributed by atoms with Crippen LogP contribution >= 0.6 is 0 Å². The first-order valence-electron chi connectivity index (χ1n) is 7.52. The Balaban J connectivity index is 2.06. The van der Waals surface area contributed by atoms with Crippen LogP contribution in [0.2, 0.25) is 0 Å². The van der Waals surface area contributed by atoms with Gasteiger partial charge >= 0.3 is 0 Å². The second-order valence-corrected chi connectivity index (χ2v) is 4.95. The average Bonchev–Trinajstić information content (AvgIpc) is 2.62. The number of benzene rings is 2. The molecule has 0 amide bonds. The predicted molar refractivity (Wildman–Crippen MR) is 98.9 cm³/mol. The molecule has 0 aromatic heterocycles. The molecule has 0 heterocycles. The fraction of sp³-hybridized carbons (Fsp3) is 0.105.